The molecule has 0 saturated carbocycles. The summed E-state index contributed by atoms with van der Waals surface area (Å²) in [4.78, 5) is 12.8. The van der Waals surface area contributed by atoms with Crippen LogP contribution in [0.3, 0.4) is 0 Å². The second kappa shape index (κ2) is 5.57. The molecule has 0 bridgehead atoms. The third-order valence-corrected chi connectivity index (χ3v) is 4.67. The summed E-state index contributed by atoms with van der Waals surface area (Å²) < 4.78 is 2.54. The van der Waals surface area contributed by atoms with Gasteiger partial charge in [-0.25, -0.2) is 19.6 Å². The Balaban J connectivity index is 1.85. The fourth-order valence-corrected chi connectivity index (χ4v) is 3.49. The molecule has 0 spiro atoms. The molecule has 0 atom stereocenters. The van der Waals surface area contributed by atoms with Gasteiger partial charge in [0.25, 0.3) is 0 Å². The SMILES string of the molecule is Nc1ncnc2c1c(I)nn2Cc1cc2ccccc2nc1Cl. The number of fused-ring (bicyclic) bond motifs is 2. The van der Waals surface area contributed by atoms with Gasteiger partial charge in [-0.1, -0.05) is 29.8 Å². The number of nitrogens with zero attached hydrogens (tertiary/aromatic N) is 5. The molecular weight excluding hydrogens is 427 g/mol. The molecule has 4 aromatic rings. The maximum absolute atomic E-state index is 6.33. The van der Waals surface area contributed by atoms with Crippen LogP contribution in [0.2, 0.25) is 5.15 Å². The summed E-state index contributed by atoms with van der Waals surface area (Å²) in [5, 5.41) is 6.76. The molecule has 23 heavy (non-hydrogen) atoms. The molecule has 0 aliphatic heterocycles. The van der Waals surface area contributed by atoms with Gasteiger partial charge in [-0.2, -0.15) is 5.10 Å². The highest BCUT2D eigenvalue weighted by atomic mass is 127. The van der Waals surface area contributed by atoms with Crippen molar-refractivity contribution in [3.8, 4) is 0 Å². The van der Waals surface area contributed by atoms with Gasteiger partial charge in [-0.05, 0) is 34.7 Å². The Morgan fingerprint density at radius 2 is 2.04 bits per heavy atom. The van der Waals surface area contributed by atoms with Crippen molar-refractivity contribution in [3.63, 3.8) is 0 Å². The third-order valence-electron chi connectivity index (χ3n) is 3.59. The number of anilines is 1. The van der Waals surface area contributed by atoms with E-state index in [0.717, 1.165) is 25.6 Å². The number of nitrogen functional groups attached to an aromatic ring is 1. The molecule has 0 fully saturated rings. The standard InChI is InChI=1S/C15H10ClIN6/c16-12-9(5-8-3-1-2-4-10(8)21-12)6-23-15-11(13(17)22-23)14(18)19-7-20-15/h1-5,7H,6H2,(H2,18,19,20). The lowest BCUT2D eigenvalue weighted by Crippen LogP contribution is -2.05. The quantitative estimate of drug-likeness (QED) is 0.385. The summed E-state index contributed by atoms with van der Waals surface area (Å²) in [5.41, 5.74) is 8.35. The highest BCUT2D eigenvalue weighted by molar-refractivity contribution is 14.1. The van der Waals surface area contributed by atoms with Gasteiger partial charge in [0, 0.05) is 10.9 Å². The van der Waals surface area contributed by atoms with Gasteiger partial charge >= 0.3 is 0 Å². The molecule has 0 amide bonds. The van der Waals surface area contributed by atoms with Gasteiger partial charge in [-0.15, -0.1) is 0 Å². The Bertz CT molecular complexity index is 1040. The summed E-state index contributed by atoms with van der Waals surface area (Å²) in [6.45, 7) is 0.465. The van der Waals surface area contributed by atoms with Gasteiger partial charge in [-0.3, -0.25) is 0 Å². The average Bonchev–Trinajstić information content (AvgIpc) is 2.85. The lowest BCUT2D eigenvalue weighted by atomic mass is 10.1. The van der Waals surface area contributed by atoms with Gasteiger partial charge in [0.1, 0.15) is 21.0 Å². The van der Waals surface area contributed by atoms with Crippen molar-refractivity contribution in [3.05, 3.63) is 51.1 Å². The van der Waals surface area contributed by atoms with Crippen LogP contribution >= 0.6 is 34.2 Å². The minimum absolute atomic E-state index is 0.424. The molecule has 3 aromatic heterocycles. The summed E-state index contributed by atoms with van der Waals surface area (Å²) in [7, 11) is 0. The zero-order valence-corrected chi connectivity index (χ0v) is 14.7. The van der Waals surface area contributed by atoms with Crippen LogP contribution in [0.1, 0.15) is 5.56 Å². The van der Waals surface area contributed by atoms with E-state index in [1.165, 1.54) is 6.33 Å². The molecule has 0 radical (unpaired) electrons. The molecule has 0 saturated heterocycles. The number of pyridine rings is 1. The van der Waals surface area contributed by atoms with Crippen molar-refractivity contribution in [1.29, 1.82) is 0 Å². The highest BCUT2D eigenvalue weighted by Gasteiger charge is 2.15. The van der Waals surface area contributed by atoms with E-state index in [4.69, 9.17) is 17.3 Å². The van der Waals surface area contributed by atoms with Gasteiger partial charge in [0.2, 0.25) is 0 Å². The Kier molecular flexibility index (Phi) is 3.53. The fraction of sp³-hybridized carbons (Fsp3) is 0.0667. The minimum Gasteiger partial charge on any atom is -0.383 e. The summed E-state index contributed by atoms with van der Waals surface area (Å²) >= 11 is 8.46. The van der Waals surface area contributed by atoms with E-state index in [-0.39, 0.29) is 0 Å². The molecule has 0 aliphatic rings. The molecule has 3 heterocycles. The molecule has 6 nitrogen and oxygen atoms in total. The maximum Gasteiger partial charge on any atom is 0.164 e. The number of benzene rings is 1. The van der Waals surface area contributed by atoms with Crippen molar-refractivity contribution < 1.29 is 0 Å². The minimum atomic E-state index is 0.424. The molecule has 8 heteroatoms. The lowest BCUT2D eigenvalue weighted by Gasteiger charge is -2.07. The van der Waals surface area contributed by atoms with Crippen molar-refractivity contribution in [2.24, 2.45) is 0 Å². The molecule has 0 unspecified atom stereocenters. The smallest absolute Gasteiger partial charge is 0.164 e. The predicted octanol–water partition coefficient (Wildman–Crippen LogP) is 3.26. The molecule has 114 valence electrons. The van der Waals surface area contributed by atoms with Crippen molar-refractivity contribution in [2.45, 2.75) is 6.54 Å². The van der Waals surface area contributed by atoms with Gasteiger partial charge < -0.3 is 5.73 Å². The Labute approximate surface area is 149 Å². The van der Waals surface area contributed by atoms with Crippen LogP contribution < -0.4 is 5.73 Å². The van der Waals surface area contributed by atoms with Gasteiger partial charge in [0.05, 0.1) is 17.4 Å². The number of aromatic nitrogens is 5. The number of hydrogen-bond donors (Lipinski definition) is 1. The predicted molar refractivity (Wildman–Crippen MR) is 98.3 cm³/mol. The van der Waals surface area contributed by atoms with E-state index < -0.39 is 0 Å². The molecular formula is C15H10ClIN6. The average molecular weight is 437 g/mol. The lowest BCUT2D eigenvalue weighted by molar-refractivity contribution is 0.696. The van der Waals surface area contributed by atoms with Crippen LogP contribution in [0.15, 0.2) is 36.7 Å². The van der Waals surface area contributed by atoms with Crippen LogP contribution in [0.25, 0.3) is 21.9 Å². The molecule has 2 N–H and O–H groups in total. The van der Waals surface area contributed by atoms with Crippen LogP contribution in [-0.2, 0) is 6.54 Å². The first-order chi connectivity index (χ1) is 11.1. The van der Waals surface area contributed by atoms with E-state index in [9.17, 15) is 0 Å². The van der Waals surface area contributed by atoms with Crippen LogP contribution in [0, 0.1) is 3.70 Å². The topological polar surface area (TPSA) is 82.5 Å². The van der Waals surface area contributed by atoms with Crippen molar-refractivity contribution >= 4 is 61.9 Å². The summed E-state index contributed by atoms with van der Waals surface area (Å²) in [5.74, 6) is 0.424. The number of rotatable bonds is 2. The Morgan fingerprint density at radius 1 is 1.22 bits per heavy atom. The van der Waals surface area contributed by atoms with E-state index in [0.29, 0.717) is 23.2 Å². The number of nitrogens with two attached hydrogens (primary N) is 1. The first-order valence-electron chi connectivity index (χ1n) is 6.80. The van der Waals surface area contributed by atoms with Crippen molar-refractivity contribution in [1.82, 2.24) is 24.7 Å². The highest BCUT2D eigenvalue weighted by Crippen LogP contribution is 2.25. The Morgan fingerprint density at radius 3 is 2.91 bits per heavy atom. The second-order valence-corrected chi connectivity index (χ2v) is 6.42. The zero-order valence-electron chi connectivity index (χ0n) is 11.7. The van der Waals surface area contributed by atoms with Crippen LogP contribution in [0.5, 0.6) is 0 Å². The Hall–Kier alpha value is -2.00. The largest absolute Gasteiger partial charge is 0.383 e. The van der Waals surface area contributed by atoms with Crippen LogP contribution in [0.4, 0.5) is 5.82 Å². The van der Waals surface area contributed by atoms with E-state index in [2.05, 4.69) is 42.6 Å². The number of para-hydroxylation sites is 1. The first-order valence-corrected chi connectivity index (χ1v) is 8.26. The number of halogens is 2. The first kappa shape index (κ1) is 14.6. The summed E-state index contributed by atoms with van der Waals surface area (Å²) in [6, 6.07) is 9.88. The maximum atomic E-state index is 6.33. The van der Waals surface area contributed by atoms with E-state index in [1.54, 1.807) is 4.68 Å². The van der Waals surface area contributed by atoms with Gasteiger partial charge in [0.15, 0.2) is 5.65 Å². The monoisotopic (exact) mass is 436 g/mol. The fourth-order valence-electron chi connectivity index (χ4n) is 2.51. The third kappa shape index (κ3) is 2.49. The molecule has 1 aromatic carbocycles. The van der Waals surface area contributed by atoms with E-state index >= 15 is 0 Å². The normalized spacial score (nSPS) is 11.4. The summed E-state index contributed by atoms with van der Waals surface area (Å²) in [6.07, 6.45) is 1.44. The number of hydrogen-bond acceptors (Lipinski definition) is 5. The van der Waals surface area contributed by atoms with E-state index in [1.807, 2.05) is 30.3 Å². The zero-order chi connectivity index (χ0) is 16.0. The molecule has 0 aliphatic carbocycles. The molecule has 4 rings (SSSR count). The van der Waals surface area contributed by atoms with Crippen LogP contribution in [-0.4, -0.2) is 24.7 Å². The second-order valence-electron chi connectivity index (χ2n) is 5.04. The van der Waals surface area contributed by atoms with Crippen molar-refractivity contribution in [2.75, 3.05) is 5.73 Å².